The van der Waals surface area contributed by atoms with Crippen LogP contribution in [0.1, 0.15) is 26.7 Å². The number of ether oxygens (including phenoxy) is 2. The van der Waals surface area contributed by atoms with Crippen molar-refractivity contribution in [3.63, 3.8) is 0 Å². The standard InChI is InChI=1S/C8H15FO2/c1-4-6-8(9)11-7(3)10-5-2/h5,7-8H,2,4,6H2,1,3H3. The van der Waals surface area contributed by atoms with E-state index in [1.165, 1.54) is 6.26 Å². The van der Waals surface area contributed by atoms with Gasteiger partial charge in [0, 0.05) is 6.42 Å². The molecule has 0 aromatic carbocycles. The molecule has 11 heavy (non-hydrogen) atoms. The van der Waals surface area contributed by atoms with E-state index in [4.69, 9.17) is 9.47 Å². The van der Waals surface area contributed by atoms with Crippen LogP contribution in [0.4, 0.5) is 4.39 Å². The molecule has 0 aliphatic carbocycles. The van der Waals surface area contributed by atoms with Crippen LogP contribution in [0.25, 0.3) is 0 Å². The summed E-state index contributed by atoms with van der Waals surface area (Å²) in [6, 6.07) is 0. The first-order valence-corrected chi connectivity index (χ1v) is 3.76. The number of hydrogen-bond donors (Lipinski definition) is 0. The van der Waals surface area contributed by atoms with Crippen molar-refractivity contribution in [3.8, 4) is 0 Å². The monoisotopic (exact) mass is 162 g/mol. The Morgan fingerprint density at radius 3 is 2.73 bits per heavy atom. The summed E-state index contributed by atoms with van der Waals surface area (Å²) in [7, 11) is 0. The maximum Gasteiger partial charge on any atom is 0.202 e. The third kappa shape index (κ3) is 5.85. The van der Waals surface area contributed by atoms with Crippen molar-refractivity contribution < 1.29 is 13.9 Å². The van der Waals surface area contributed by atoms with E-state index in [0.717, 1.165) is 6.42 Å². The molecule has 3 heteroatoms. The molecule has 0 saturated heterocycles. The zero-order valence-electron chi connectivity index (χ0n) is 7.05. The molecule has 0 aliphatic rings. The summed E-state index contributed by atoms with van der Waals surface area (Å²) in [5, 5.41) is 0. The summed E-state index contributed by atoms with van der Waals surface area (Å²) < 4.78 is 22.2. The average Bonchev–Trinajstić information content (AvgIpc) is 1.87. The van der Waals surface area contributed by atoms with Gasteiger partial charge in [-0.05, 0) is 6.92 Å². The van der Waals surface area contributed by atoms with Gasteiger partial charge in [0.25, 0.3) is 0 Å². The van der Waals surface area contributed by atoms with Crippen LogP contribution in [-0.2, 0) is 9.47 Å². The van der Waals surface area contributed by atoms with Gasteiger partial charge in [-0.25, -0.2) is 4.39 Å². The molecule has 0 aliphatic heterocycles. The van der Waals surface area contributed by atoms with Gasteiger partial charge in [-0.3, -0.25) is 0 Å². The van der Waals surface area contributed by atoms with E-state index in [-0.39, 0.29) is 0 Å². The second-order valence-electron chi connectivity index (χ2n) is 2.21. The van der Waals surface area contributed by atoms with Crippen molar-refractivity contribution in [2.45, 2.75) is 39.3 Å². The molecule has 66 valence electrons. The number of halogens is 1. The SMILES string of the molecule is C=COC(C)OC(F)CCC. The van der Waals surface area contributed by atoms with Crippen molar-refractivity contribution in [2.75, 3.05) is 0 Å². The Morgan fingerprint density at radius 2 is 2.27 bits per heavy atom. The van der Waals surface area contributed by atoms with Crippen molar-refractivity contribution in [3.05, 3.63) is 12.8 Å². The molecule has 0 aromatic heterocycles. The molecule has 0 N–H and O–H groups in total. The van der Waals surface area contributed by atoms with Crippen molar-refractivity contribution in [2.24, 2.45) is 0 Å². The molecule has 2 unspecified atom stereocenters. The third-order valence-electron chi connectivity index (χ3n) is 1.14. The fourth-order valence-electron chi connectivity index (χ4n) is 0.671. The van der Waals surface area contributed by atoms with Gasteiger partial charge in [0.2, 0.25) is 6.36 Å². The zero-order valence-corrected chi connectivity index (χ0v) is 7.05. The van der Waals surface area contributed by atoms with Crippen LogP contribution in [0.3, 0.4) is 0 Å². The smallest absolute Gasteiger partial charge is 0.202 e. The summed E-state index contributed by atoms with van der Waals surface area (Å²) in [4.78, 5) is 0. The van der Waals surface area contributed by atoms with E-state index in [9.17, 15) is 4.39 Å². The first kappa shape index (κ1) is 10.4. The van der Waals surface area contributed by atoms with Crippen molar-refractivity contribution >= 4 is 0 Å². The minimum absolute atomic E-state index is 0.408. The highest BCUT2D eigenvalue weighted by molar-refractivity contribution is 4.50. The molecule has 0 radical (unpaired) electrons. The Labute approximate surface area is 67.0 Å². The lowest BCUT2D eigenvalue weighted by atomic mass is 10.3. The van der Waals surface area contributed by atoms with Gasteiger partial charge in [-0.2, -0.15) is 0 Å². The van der Waals surface area contributed by atoms with Gasteiger partial charge >= 0.3 is 0 Å². The van der Waals surface area contributed by atoms with Crippen LogP contribution in [0.15, 0.2) is 12.8 Å². The maximum atomic E-state index is 12.6. The lowest BCUT2D eigenvalue weighted by molar-refractivity contribution is -0.172. The highest BCUT2D eigenvalue weighted by atomic mass is 19.1. The van der Waals surface area contributed by atoms with E-state index >= 15 is 0 Å². The fourth-order valence-corrected chi connectivity index (χ4v) is 0.671. The highest BCUT2D eigenvalue weighted by Crippen LogP contribution is 2.07. The molecular weight excluding hydrogens is 147 g/mol. The zero-order chi connectivity index (χ0) is 8.69. The Balaban J connectivity index is 3.39. The minimum atomic E-state index is -1.23. The minimum Gasteiger partial charge on any atom is -0.473 e. The van der Waals surface area contributed by atoms with Gasteiger partial charge in [0.15, 0.2) is 6.29 Å². The second-order valence-corrected chi connectivity index (χ2v) is 2.21. The molecule has 0 amide bonds. The third-order valence-corrected chi connectivity index (χ3v) is 1.14. The van der Waals surface area contributed by atoms with Crippen molar-refractivity contribution in [1.82, 2.24) is 0 Å². The summed E-state index contributed by atoms with van der Waals surface area (Å²) >= 11 is 0. The molecule has 0 saturated carbocycles. The van der Waals surface area contributed by atoms with E-state index in [0.29, 0.717) is 6.42 Å². The Hall–Kier alpha value is -0.570. The Morgan fingerprint density at radius 1 is 1.64 bits per heavy atom. The predicted molar refractivity (Wildman–Crippen MR) is 41.6 cm³/mol. The number of alkyl halides is 1. The molecule has 0 heterocycles. The summed E-state index contributed by atoms with van der Waals surface area (Å²) in [6.07, 6.45) is 0.639. The molecule has 0 aromatic rings. The van der Waals surface area contributed by atoms with Crippen LogP contribution in [0.5, 0.6) is 0 Å². The number of hydrogen-bond acceptors (Lipinski definition) is 2. The van der Waals surface area contributed by atoms with Crippen LogP contribution in [0, 0.1) is 0 Å². The van der Waals surface area contributed by atoms with Crippen LogP contribution < -0.4 is 0 Å². The van der Waals surface area contributed by atoms with Gasteiger partial charge in [0.1, 0.15) is 0 Å². The van der Waals surface area contributed by atoms with E-state index in [1.807, 2.05) is 6.92 Å². The summed E-state index contributed by atoms with van der Waals surface area (Å²) in [5.74, 6) is 0. The molecule has 0 spiro atoms. The maximum absolute atomic E-state index is 12.6. The first-order valence-electron chi connectivity index (χ1n) is 3.76. The highest BCUT2D eigenvalue weighted by Gasteiger charge is 2.09. The lowest BCUT2D eigenvalue weighted by Crippen LogP contribution is -2.16. The molecule has 0 fully saturated rings. The van der Waals surface area contributed by atoms with Gasteiger partial charge in [-0.15, -0.1) is 0 Å². The first-order chi connectivity index (χ1) is 5.20. The fraction of sp³-hybridized carbons (Fsp3) is 0.750. The van der Waals surface area contributed by atoms with Crippen LogP contribution >= 0.6 is 0 Å². The van der Waals surface area contributed by atoms with Crippen LogP contribution in [0.2, 0.25) is 0 Å². The lowest BCUT2D eigenvalue weighted by Gasteiger charge is -2.14. The quantitative estimate of drug-likeness (QED) is 0.441. The normalized spacial score (nSPS) is 15.5. The second kappa shape index (κ2) is 6.16. The van der Waals surface area contributed by atoms with Gasteiger partial charge in [-0.1, -0.05) is 19.9 Å². The molecular formula is C8H15FO2. The largest absolute Gasteiger partial charge is 0.473 e. The van der Waals surface area contributed by atoms with Crippen LogP contribution in [-0.4, -0.2) is 12.6 Å². The van der Waals surface area contributed by atoms with Gasteiger partial charge in [0.05, 0.1) is 6.26 Å². The van der Waals surface area contributed by atoms with E-state index in [1.54, 1.807) is 6.92 Å². The van der Waals surface area contributed by atoms with E-state index in [2.05, 4.69) is 6.58 Å². The molecule has 0 rings (SSSR count). The Bertz CT molecular complexity index is 106. The molecule has 0 bridgehead atoms. The topological polar surface area (TPSA) is 18.5 Å². The molecule has 2 nitrogen and oxygen atoms in total. The van der Waals surface area contributed by atoms with Gasteiger partial charge < -0.3 is 9.47 Å². The summed E-state index contributed by atoms with van der Waals surface area (Å²) in [6.45, 7) is 6.86. The summed E-state index contributed by atoms with van der Waals surface area (Å²) in [5.41, 5.74) is 0. The Kier molecular flexibility index (Phi) is 5.84. The number of rotatable bonds is 6. The van der Waals surface area contributed by atoms with Crippen molar-refractivity contribution in [1.29, 1.82) is 0 Å². The van der Waals surface area contributed by atoms with E-state index < -0.39 is 12.6 Å². The average molecular weight is 162 g/mol. The molecule has 2 atom stereocenters. The predicted octanol–water partition coefficient (Wildman–Crippen LogP) is 2.60.